The first kappa shape index (κ1) is 16.4. The van der Waals surface area contributed by atoms with E-state index in [9.17, 15) is 4.79 Å². The molecule has 3 heterocycles. The minimum Gasteiger partial charge on any atom is -0.353 e. The summed E-state index contributed by atoms with van der Waals surface area (Å²) in [6.45, 7) is 3.85. The summed E-state index contributed by atoms with van der Waals surface area (Å²) < 4.78 is 1.79. The second-order valence-electron chi connectivity index (χ2n) is 6.47. The van der Waals surface area contributed by atoms with Crippen molar-refractivity contribution in [3.63, 3.8) is 0 Å². The summed E-state index contributed by atoms with van der Waals surface area (Å²) in [4.78, 5) is 27.3. The molecule has 1 aliphatic heterocycles. The number of pyridine rings is 1. The van der Waals surface area contributed by atoms with Crippen LogP contribution in [0.4, 0.5) is 5.82 Å². The molecule has 0 aromatic carbocycles. The maximum atomic E-state index is 12.4. The van der Waals surface area contributed by atoms with Gasteiger partial charge in [0.1, 0.15) is 11.5 Å². The van der Waals surface area contributed by atoms with Gasteiger partial charge in [-0.15, -0.1) is 0 Å². The largest absolute Gasteiger partial charge is 0.353 e. The van der Waals surface area contributed by atoms with E-state index in [1.165, 1.54) is 5.56 Å². The normalized spacial score (nSPS) is 15.2. The minimum absolute atomic E-state index is 0.00420. The van der Waals surface area contributed by atoms with Crippen LogP contribution in [0.25, 0.3) is 0 Å². The molecule has 7 nitrogen and oxygen atoms in total. The van der Waals surface area contributed by atoms with Gasteiger partial charge in [0, 0.05) is 52.2 Å². The number of nitrogens with zero attached hydrogens (tertiary/aromatic N) is 6. The average Bonchev–Trinajstić information content (AvgIpc) is 3.01. The number of carbonyl (C=O) groups is 1. The molecule has 2 aromatic rings. The van der Waals surface area contributed by atoms with Crippen molar-refractivity contribution >= 4 is 11.7 Å². The average molecular weight is 328 g/mol. The molecule has 0 spiro atoms. The van der Waals surface area contributed by atoms with Crippen LogP contribution >= 0.6 is 0 Å². The smallest absolute Gasteiger partial charge is 0.274 e. The first-order valence-corrected chi connectivity index (χ1v) is 8.15. The third-order valence-electron chi connectivity index (χ3n) is 4.12. The lowest BCUT2D eigenvalue weighted by atomic mass is 10.2. The molecule has 0 bridgehead atoms. The van der Waals surface area contributed by atoms with Crippen LogP contribution in [0.5, 0.6) is 0 Å². The molecule has 24 heavy (non-hydrogen) atoms. The molecule has 2 aromatic heterocycles. The van der Waals surface area contributed by atoms with Crippen LogP contribution in [0, 0.1) is 0 Å². The van der Waals surface area contributed by atoms with Gasteiger partial charge in [-0.25, -0.2) is 9.97 Å². The Hall–Kier alpha value is -2.41. The highest BCUT2D eigenvalue weighted by Gasteiger charge is 2.24. The molecule has 1 aliphatic rings. The molecule has 0 atom stereocenters. The van der Waals surface area contributed by atoms with Gasteiger partial charge in [-0.05, 0) is 25.7 Å². The minimum atomic E-state index is 0.00420. The van der Waals surface area contributed by atoms with Crippen molar-refractivity contribution < 1.29 is 4.79 Å². The number of hydrogen-bond acceptors (Lipinski definition) is 5. The number of carbonyl (C=O) groups excluding carboxylic acids is 1. The van der Waals surface area contributed by atoms with Gasteiger partial charge in [0.15, 0.2) is 0 Å². The Kier molecular flexibility index (Phi) is 4.80. The van der Waals surface area contributed by atoms with E-state index in [2.05, 4.69) is 31.9 Å². The fourth-order valence-electron chi connectivity index (χ4n) is 2.89. The van der Waals surface area contributed by atoms with Gasteiger partial charge in [0.25, 0.3) is 5.91 Å². The third-order valence-corrected chi connectivity index (χ3v) is 4.12. The summed E-state index contributed by atoms with van der Waals surface area (Å²) in [7, 11) is 5.96. The van der Waals surface area contributed by atoms with E-state index >= 15 is 0 Å². The second-order valence-corrected chi connectivity index (χ2v) is 6.47. The van der Waals surface area contributed by atoms with Crippen LogP contribution in [-0.4, -0.2) is 70.5 Å². The van der Waals surface area contributed by atoms with Crippen molar-refractivity contribution in [1.82, 2.24) is 24.3 Å². The monoisotopic (exact) mass is 328 g/mol. The summed E-state index contributed by atoms with van der Waals surface area (Å²) in [5.41, 5.74) is 1.71. The van der Waals surface area contributed by atoms with E-state index in [1.54, 1.807) is 17.1 Å². The third kappa shape index (κ3) is 3.73. The van der Waals surface area contributed by atoms with Gasteiger partial charge < -0.3 is 19.3 Å². The quantitative estimate of drug-likeness (QED) is 0.832. The fourth-order valence-corrected chi connectivity index (χ4v) is 2.89. The Balaban J connectivity index is 1.57. The number of aromatic nitrogens is 3. The zero-order valence-corrected chi connectivity index (χ0v) is 14.5. The summed E-state index contributed by atoms with van der Waals surface area (Å²) >= 11 is 0. The molecule has 0 radical (unpaired) electrons. The van der Waals surface area contributed by atoms with Gasteiger partial charge in [0.05, 0.1) is 6.33 Å². The van der Waals surface area contributed by atoms with Crippen molar-refractivity contribution in [3.05, 3.63) is 42.1 Å². The predicted molar refractivity (Wildman–Crippen MR) is 93.0 cm³/mol. The van der Waals surface area contributed by atoms with Crippen molar-refractivity contribution in [1.29, 1.82) is 0 Å². The Labute approximate surface area is 142 Å². The molecule has 0 saturated carbocycles. The maximum Gasteiger partial charge on any atom is 0.274 e. The molecule has 3 rings (SSSR count). The van der Waals surface area contributed by atoms with Crippen molar-refractivity contribution in [3.8, 4) is 0 Å². The molecule has 1 saturated heterocycles. The van der Waals surface area contributed by atoms with E-state index in [-0.39, 0.29) is 5.91 Å². The van der Waals surface area contributed by atoms with Crippen LogP contribution in [0.1, 0.15) is 16.1 Å². The van der Waals surface area contributed by atoms with E-state index in [1.807, 2.05) is 32.2 Å². The topological polar surface area (TPSA) is 57.5 Å². The second kappa shape index (κ2) is 7.00. The van der Waals surface area contributed by atoms with Gasteiger partial charge in [-0.2, -0.15) is 0 Å². The highest BCUT2D eigenvalue weighted by atomic mass is 16.2. The zero-order valence-electron chi connectivity index (χ0n) is 14.5. The highest BCUT2D eigenvalue weighted by molar-refractivity contribution is 5.92. The van der Waals surface area contributed by atoms with Gasteiger partial charge in [-0.3, -0.25) is 4.79 Å². The maximum absolute atomic E-state index is 12.4. The van der Waals surface area contributed by atoms with Crippen LogP contribution in [0.2, 0.25) is 0 Å². The zero-order chi connectivity index (χ0) is 17.1. The van der Waals surface area contributed by atoms with Gasteiger partial charge >= 0.3 is 0 Å². The summed E-state index contributed by atoms with van der Waals surface area (Å²) in [6.07, 6.45) is 5.35. The summed E-state index contributed by atoms with van der Waals surface area (Å²) in [5.74, 6) is 0.979. The molecule has 0 aliphatic carbocycles. The molecule has 128 valence electrons. The number of aryl methyl sites for hydroxylation is 1. The van der Waals surface area contributed by atoms with E-state index < -0.39 is 0 Å². The number of hydrogen-bond donors (Lipinski definition) is 0. The van der Waals surface area contributed by atoms with Gasteiger partial charge in [-0.1, -0.05) is 6.07 Å². The number of rotatable bonds is 4. The van der Waals surface area contributed by atoms with Crippen molar-refractivity contribution in [2.45, 2.75) is 6.54 Å². The van der Waals surface area contributed by atoms with E-state index in [0.717, 1.165) is 25.5 Å². The standard InChI is InChI=1S/C17H24N6O/c1-20(2)11-14-4-5-16(18-10-14)22-6-8-23(9-7-22)17(24)15-12-21(3)13-19-15/h4-5,10,12-13H,6-9,11H2,1-3H3. The van der Waals surface area contributed by atoms with Gasteiger partial charge in [0.2, 0.25) is 0 Å². The molecule has 0 unspecified atom stereocenters. The first-order chi connectivity index (χ1) is 11.5. The summed E-state index contributed by atoms with van der Waals surface area (Å²) in [5, 5.41) is 0. The van der Waals surface area contributed by atoms with Crippen LogP contribution in [0.3, 0.4) is 0 Å². The lowest BCUT2D eigenvalue weighted by Gasteiger charge is -2.35. The highest BCUT2D eigenvalue weighted by Crippen LogP contribution is 2.15. The number of imidazole rings is 1. The van der Waals surface area contributed by atoms with Crippen LogP contribution < -0.4 is 4.90 Å². The SMILES string of the molecule is CN(C)Cc1ccc(N2CCN(C(=O)c3cn(C)cn3)CC2)nc1. The first-order valence-electron chi connectivity index (χ1n) is 8.15. The lowest BCUT2D eigenvalue weighted by molar-refractivity contribution is 0.0741. The Morgan fingerprint density at radius 2 is 1.92 bits per heavy atom. The number of amides is 1. The van der Waals surface area contributed by atoms with Crippen LogP contribution in [0.15, 0.2) is 30.9 Å². The van der Waals surface area contributed by atoms with E-state index in [0.29, 0.717) is 18.8 Å². The van der Waals surface area contributed by atoms with E-state index in [4.69, 9.17) is 0 Å². The Morgan fingerprint density at radius 1 is 1.17 bits per heavy atom. The Morgan fingerprint density at radius 3 is 2.46 bits per heavy atom. The van der Waals surface area contributed by atoms with Crippen molar-refractivity contribution in [2.75, 3.05) is 45.2 Å². The lowest BCUT2D eigenvalue weighted by Crippen LogP contribution is -2.49. The number of piperazine rings is 1. The molecular weight excluding hydrogens is 304 g/mol. The molecule has 1 amide bonds. The fraction of sp³-hybridized carbons (Fsp3) is 0.471. The molecule has 1 fully saturated rings. The summed E-state index contributed by atoms with van der Waals surface area (Å²) in [6, 6.07) is 4.18. The van der Waals surface area contributed by atoms with Crippen LogP contribution in [-0.2, 0) is 13.6 Å². The Bertz CT molecular complexity index is 685. The number of anilines is 1. The molecule has 7 heteroatoms. The predicted octanol–water partition coefficient (Wildman–Crippen LogP) is 0.839. The van der Waals surface area contributed by atoms with Crippen molar-refractivity contribution in [2.24, 2.45) is 7.05 Å². The molecule has 0 N–H and O–H groups in total. The molecular formula is C17H24N6O.